The van der Waals surface area contributed by atoms with Crippen LogP contribution in [0.4, 0.5) is 5.69 Å². The number of carbonyl (C=O) groups is 1. The van der Waals surface area contributed by atoms with E-state index in [4.69, 9.17) is 0 Å². The average Bonchev–Trinajstić information content (AvgIpc) is 2.66. The van der Waals surface area contributed by atoms with Crippen LogP contribution in [0.3, 0.4) is 0 Å². The van der Waals surface area contributed by atoms with Gasteiger partial charge in [-0.15, -0.1) is 0 Å². The maximum absolute atomic E-state index is 13.5. The molecule has 1 radical (unpaired) electrons. The number of para-hydroxylation sites is 1. The first-order chi connectivity index (χ1) is 13.0. The summed E-state index contributed by atoms with van der Waals surface area (Å²) in [7, 11) is -1.29. The van der Waals surface area contributed by atoms with Gasteiger partial charge in [-0.1, -0.05) is 65.2 Å². The van der Waals surface area contributed by atoms with Gasteiger partial charge in [-0.25, -0.2) is 0 Å². The number of benzene rings is 1. The smallest absolute Gasteiger partial charge is 0.265 e. The predicted molar refractivity (Wildman–Crippen MR) is 125 cm³/mol. The van der Waals surface area contributed by atoms with Gasteiger partial charge in [0.15, 0.2) is 0 Å². The fourth-order valence-electron chi connectivity index (χ4n) is 4.26. The van der Waals surface area contributed by atoms with Crippen LogP contribution in [0, 0.1) is 13.8 Å². The molecule has 2 nitrogen and oxygen atoms in total. The molecule has 0 spiro atoms. The molecule has 0 saturated carbocycles. The van der Waals surface area contributed by atoms with Crippen molar-refractivity contribution in [2.75, 3.05) is 23.8 Å². The van der Waals surface area contributed by atoms with Crippen LogP contribution in [0.25, 0.3) is 0 Å². The molecule has 0 saturated heterocycles. The minimum atomic E-state index is -1.29. The van der Waals surface area contributed by atoms with E-state index < -0.39 is 7.26 Å². The van der Waals surface area contributed by atoms with Gasteiger partial charge in [-0.05, 0) is 50.7 Å². The predicted octanol–water partition coefficient (Wildman–Crippen LogP) is 7.44. The van der Waals surface area contributed by atoms with Crippen molar-refractivity contribution >= 4 is 18.9 Å². The Bertz CT molecular complexity index is 534. The second-order valence-electron chi connectivity index (χ2n) is 8.13. The van der Waals surface area contributed by atoms with Gasteiger partial charge >= 0.3 is 0 Å². The quantitative estimate of drug-likeness (QED) is 0.292. The molecule has 0 aromatic heterocycles. The Balaban J connectivity index is 0.00000729. The molecule has 28 heavy (non-hydrogen) atoms. The minimum Gasteiger partial charge on any atom is -0.322 e. The maximum atomic E-state index is 13.5. The summed E-state index contributed by atoms with van der Waals surface area (Å²) in [5, 5.41) is 3.35. The molecule has 4 heteroatoms. The minimum absolute atomic E-state index is 0. The normalized spacial score (nSPS) is 12.4. The molecule has 157 valence electrons. The van der Waals surface area contributed by atoms with E-state index in [1.54, 1.807) is 0 Å². The van der Waals surface area contributed by atoms with Crippen LogP contribution >= 0.6 is 7.26 Å². The van der Waals surface area contributed by atoms with E-state index in [-0.39, 0.29) is 44.3 Å². The number of aryl methyl sites for hydroxylation is 2. The summed E-state index contributed by atoms with van der Waals surface area (Å²) in [6, 6.07) is 6.26. The third kappa shape index (κ3) is 8.16. The van der Waals surface area contributed by atoms with E-state index in [9.17, 15) is 4.79 Å². The fraction of sp³-hybridized carbons (Fsp3) is 0.708. The van der Waals surface area contributed by atoms with Crippen molar-refractivity contribution in [3.8, 4) is 0 Å². The zero-order valence-electron chi connectivity index (χ0n) is 19.3. The summed E-state index contributed by atoms with van der Waals surface area (Å²) in [5.74, 6) is 0.284. The van der Waals surface area contributed by atoms with Gasteiger partial charge < -0.3 is 5.32 Å². The molecule has 0 aliphatic heterocycles. The van der Waals surface area contributed by atoms with Crippen molar-refractivity contribution in [1.82, 2.24) is 0 Å². The molecule has 0 aliphatic rings. The molecule has 1 aromatic carbocycles. The second kappa shape index (κ2) is 15.1. The van der Waals surface area contributed by atoms with E-state index in [1.165, 1.54) is 57.0 Å². The molecular weight excluding hydrogens is 438 g/mol. The average molecular weight is 481 g/mol. The van der Waals surface area contributed by atoms with Gasteiger partial charge in [-0.2, -0.15) is 0 Å². The number of nitrogens with one attached hydrogen (secondary N) is 1. The molecule has 1 rings (SSSR count). The number of carbonyl (C=O) groups excluding carboxylic acids is 1. The summed E-state index contributed by atoms with van der Waals surface area (Å²) in [6.07, 6.45) is 12.4. The first kappa shape index (κ1) is 28.2. The first-order valence-electron chi connectivity index (χ1n) is 11.2. The Morgan fingerprint density at radius 2 is 1.32 bits per heavy atom. The largest absolute Gasteiger partial charge is 0.322 e. The van der Waals surface area contributed by atoms with Crippen molar-refractivity contribution in [1.29, 1.82) is 0 Å². The zero-order valence-corrected chi connectivity index (χ0v) is 23.0. The number of hydrogen-bond acceptors (Lipinski definition) is 1. The van der Waals surface area contributed by atoms with Gasteiger partial charge in [-0.3, -0.25) is 4.79 Å². The van der Waals surface area contributed by atoms with Crippen LogP contribution < -0.4 is 5.32 Å². The SMILES string of the molecule is CCCC[P+](CCCC)(CCCC)C(CC)C(=O)Nc1c(C)cccc1C.[Y]. The van der Waals surface area contributed by atoms with Crippen molar-refractivity contribution in [2.45, 2.75) is 92.1 Å². The van der Waals surface area contributed by atoms with Gasteiger partial charge in [0.2, 0.25) is 0 Å². The summed E-state index contributed by atoms with van der Waals surface area (Å²) in [6.45, 7) is 13.3. The second-order valence-corrected chi connectivity index (χ2v) is 12.5. The molecular formula is C24H43NOPY+. The Morgan fingerprint density at radius 1 is 0.893 bits per heavy atom. The van der Waals surface area contributed by atoms with Gasteiger partial charge in [0.1, 0.15) is 5.66 Å². The molecule has 1 amide bonds. The van der Waals surface area contributed by atoms with Crippen LogP contribution in [-0.2, 0) is 37.5 Å². The molecule has 0 fully saturated rings. The van der Waals surface area contributed by atoms with E-state index in [2.05, 4.69) is 65.1 Å². The molecule has 0 aliphatic carbocycles. The summed E-state index contributed by atoms with van der Waals surface area (Å²) >= 11 is 0. The van der Waals surface area contributed by atoms with Crippen LogP contribution in [0.2, 0.25) is 0 Å². The van der Waals surface area contributed by atoms with Gasteiger partial charge in [0, 0.05) is 45.7 Å². The Kier molecular flexibility index (Phi) is 15.2. The Morgan fingerprint density at radius 3 is 1.68 bits per heavy atom. The van der Waals surface area contributed by atoms with Crippen LogP contribution in [0.1, 0.15) is 83.8 Å². The molecule has 1 atom stereocenters. The monoisotopic (exact) mass is 481 g/mol. The summed E-state index contributed by atoms with van der Waals surface area (Å²) in [4.78, 5) is 13.5. The van der Waals surface area contributed by atoms with E-state index in [0.29, 0.717) is 0 Å². The van der Waals surface area contributed by atoms with Gasteiger partial charge in [0.25, 0.3) is 5.91 Å². The fourth-order valence-corrected chi connectivity index (χ4v) is 10.0. The van der Waals surface area contributed by atoms with Crippen LogP contribution in [0.15, 0.2) is 18.2 Å². The molecule has 1 N–H and O–H groups in total. The number of unbranched alkanes of at least 4 members (excludes halogenated alkanes) is 3. The van der Waals surface area contributed by atoms with E-state index in [0.717, 1.165) is 23.2 Å². The van der Waals surface area contributed by atoms with Crippen molar-refractivity contribution < 1.29 is 37.5 Å². The zero-order chi connectivity index (χ0) is 20.3. The standard InChI is InChI=1S/C24H42NOP.Y/c1-7-11-17-27(18-12-8-2,19-13-9-3)22(10-4)24(26)25-23-20(5)15-14-16-21(23)6;/h14-16,22H,7-13,17-19H2,1-6H3;/p+1. The summed E-state index contributed by atoms with van der Waals surface area (Å²) in [5.41, 5.74) is 3.57. The van der Waals surface area contributed by atoms with Crippen molar-refractivity contribution in [3.63, 3.8) is 0 Å². The third-order valence-electron chi connectivity index (χ3n) is 5.95. The molecule has 1 aromatic rings. The molecule has 0 heterocycles. The topological polar surface area (TPSA) is 29.1 Å². The molecule has 0 bridgehead atoms. The van der Waals surface area contributed by atoms with E-state index in [1.807, 2.05) is 0 Å². The number of amides is 1. The van der Waals surface area contributed by atoms with Crippen LogP contribution in [0.5, 0.6) is 0 Å². The van der Waals surface area contributed by atoms with Crippen LogP contribution in [-0.4, -0.2) is 30.1 Å². The van der Waals surface area contributed by atoms with Crippen molar-refractivity contribution in [2.24, 2.45) is 0 Å². The maximum Gasteiger partial charge on any atom is 0.265 e. The van der Waals surface area contributed by atoms with E-state index >= 15 is 0 Å². The number of hydrogen-bond donors (Lipinski definition) is 1. The Hall–Kier alpha value is 0.224. The number of anilines is 1. The summed E-state index contributed by atoms with van der Waals surface area (Å²) < 4.78 is 0. The Labute approximate surface area is 200 Å². The number of rotatable bonds is 13. The first-order valence-corrected chi connectivity index (χ1v) is 13.6. The molecule has 1 unspecified atom stereocenters. The van der Waals surface area contributed by atoms with Gasteiger partial charge in [0.05, 0.1) is 18.5 Å². The third-order valence-corrected chi connectivity index (χ3v) is 11.5. The van der Waals surface area contributed by atoms with Crippen molar-refractivity contribution in [3.05, 3.63) is 29.3 Å².